The third-order valence-corrected chi connectivity index (χ3v) is 5.37. The zero-order chi connectivity index (χ0) is 13.0. The van der Waals surface area contributed by atoms with Crippen molar-refractivity contribution >= 4 is 23.1 Å². The van der Waals surface area contributed by atoms with E-state index in [-0.39, 0.29) is 6.10 Å². The first kappa shape index (κ1) is 14.2. The number of nitrogens with zero attached hydrogens (tertiary/aromatic N) is 3. The van der Waals surface area contributed by atoms with Gasteiger partial charge in [0.15, 0.2) is 4.34 Å². The summed E-state index contributed by atoms with van der Waals surface area (Å²) in [5.41, 5.74) is 0. The highest BCUT2D eigenvalue weighted by Gasteiger charge is 2.18. The zero-order valence-electron chi connectivity index (χ0n) is 11.0. The summed E-state index contributed by atoms with van der Waals surface area (Å²) in [6.07, 6.45) is 2.25. The predicted molar refractivity (Wildman–Crippen MR) is 76.2 cm³/mol. The Hall–Kier alpha value is -0.170. The van der Waals surface area contributed by atoms with Gasteiger partial charge in [-0.1, -0.05) is 30.0 Å². The maximum atomic E-state index is 10.0. The lowest BCUT2D eigenvalue weighted by atomic mass is 9.99. The second-order valence-corrected chi connectivity index (χ2v) is 7.48. The van der Waals surface area contributed by atoms with Gasteiger partial charge in [-0.2, -0.15) is 0 Å². The molecule has 2 heterocycles. The molecule has 0 aromatic carbocycles. The van der Waals surface area contributed by atoms with Gasteiger partial charge in [0, 0.05) is 12.3 Å². The van der Waals surface area contributed by atoms with E-state index >= 15 is 0 Å². The predicted octanol–water partition coefficient (Wildman–Crippen LogP) is 2.03. The number of aliphatic hydroxyl groups is 1. The monoisotopic (exact) mass is 287 g/mol. The fourth-order valence-electron chi connectivity index (χ4n) is 2.10. The van der Waals surface area contributed by atoms with Gasteiger partial charge in [-0.15, -0.1) is 10.2 Å². The molecule has 1 atom stereocenters. The molecule has 2 rings (SSSR count). The topological polar surface area (TPSA) is 49.3 Å². The van der Waals surface area contributed by atoms with Gasteiger partial charge < -0.3 is 10.0 Å². The molecule has 6 heteroatoms. The molecule has 0 radical (unpaired) electrons. The van der Waals surface area contributed by atoms with Gasteiger partial charge in [0.05, 0.1) is 6.10 Å². The Kier molecular flexibility index (Phi) is 5.41. The van der Waals surface area contributed by atoms with E-state index in [0.29, 0.717) is 5.75 Å². The summed E-state index contributed by atoms with van der Waals surface area (Å²) in [7, 11) is 0. The molecule has 1 aliphatic rings. The third-order valence-electron chi connectivity index (χ3n) is 3.25. The molecular weight excluding hydrogens is 266 g/mol. The van der Waals surface area contributed by atoms with Crippen LogP contribution in [0.25, 0.3) is 0 Å². The van der Waals surface area contributed by atoms with Crippen molar-refractivity contribution in [1.82, 2.24) is 15.1 Å². The summed E-state index contributed by atoms with van der Waals surface area (Å²) < 4.78 is 0.957. The van der Waals surface area contributed by atoms with Crippen LogP contribution in [-0.4, -0.2) is 51.7 Å². The average molecular weight is 287 g/mol. The number of hydrogen-bond donors (Lipinski definition) is 1. The average Bonchev–Trinajstić information content (AvgIpc) is 2.76. The standard InChI is InChI=1S/C12H21N3OS2/c1-9-3-5-15(6-4-9)7-11(16)8-17-12-14-13-10(2)18-12/h9,11,16H,3-8H2,1-2H3. The van der Waals surface area contributed by atoms with Crippen LogP contribution < -0.4 is 0 Å². The molecule has 18 heavy (non-hydrogen) atoms. The van der Waals surface area contributed by atoms with Gasteiger partial charge in [-0.25, -0.2) is 0 Å². The van der Waals surface area contributed by atoms with Gasteiger partial charge in [-0.3, -0.25) is 0 Å². The van der Waals surface area contributed by atoms with E-state index < -0.39 is 0 Å². The molecule has 1 N–H and O–H groups in total. The fourth-order valence-corrected chi connectivity index (χ4v) is 3.86. The number of rotatable bonds is 5. The number of piperidine rings is 1. The number of aryl methyl sites for hydroxylation is 1. The first-order chi connectivity index (χ1) is 8.63. The van der Waals surface area contributed by atoms with Crippen LogP contribution in [0.2, 0.25) is 0 Å². The molecule has 0 aliphatic carbocycles. The Labute approximate surface area is 117 Å². The summed E-state index contributed by atoms with van der Waals surface area (Å²) >= 11 is 3.20. The number of aromatic nitrogens is 2. The van der Waals surface area contributed by atoms with Crippen LogP contribution in [0.1, 0.15) is 24.8 Å². The Balaban J connectivity index is 1.67. The van der Waals surface area contributed by atoms with Crippen LogP contribution >= 0.6 is 23.1 Å². The summed E-state index contributed by atoms with van der Waals surface area (Å²) in [6, 6.07) is 0. The van der Waals surface area contributed by atoms with E-state index in [2.05, 4.69) is 22.0 Å². The molecule has 1 fully saturated rings. The van der Waals surface area contributed by atoms with Crippen molar-refractivity contribution in [1.29, 1.82) is 0 Å². The van der Waals surface area contributed by atoms with E-state index in [1.807, 2.05) is 6.92 Å². The van der Waals surface area contributed by atoms with Crippen LogP contribution in [0, 0.1) is 12.8 Å². The minimum atomic E-state index is -0.271. The highest BCUT2D eigenvalue weighted by atomic mass is 32.2. The van der Waals surface area contributed by atoms with Gasteiger partial charge in [0.25, 0.3) is 0 Å². The second-order valence-electron chi connectivity index (χ2n) is 5.03. The summed E-state index contributed by atoms with van der Waals surface area (Å²) in [6.45, 7) is 7.30. The van der Waals surface area contributed by atoms with E-state index in [1.165, 1.54) is 12.8 Å². The number of hydrogen-bond acceptors (Lipinski definition) is 6. The van der Waals surface area contributed by atoms with E-state index in [4.69, 9.17) is 0 Å². The molecule has 1 saturated heterocycles. The quantitative estimate of drug-likeness (QED) is 0.840. The summed E-state index contributed by atoms with van der Waals surface area (Å²) in [4.78, 5) is 2.37. The molecule has 1 unspecified atom stereocenters. The third kappa shape index (κ3) is 4.50. The van der Waals surface area contributed by atoms with E-state index in [9.17, 15) is 5.11 Å². The van der Waals surface area contributed by atoms with Crippen molar-refractivity contribution < 1.29 is 5.11 Å². The van der Waals surface area contributed by atoms with Crippen molar-refractivity contribution in [3.8, 4) is 0 Å². The first-order valence-corrected chi connectivity index (χ1v) is 8.27. The Morgan fingerprint density at radius 3 is 2.78 bits per heavy atom. The first-order valence-electron chi connectivity index (χ1n) is 6.47. The zero-order valence-corrected chi connectivity index (χ0v) is 12.6. The lowest BCUT2D eigenvalue weighted by molar-refractivity contribution is 0.105. The lowest BCUT2D eigenvalue weighted by Crippen LogP contribution is -2.39. The van der Waals surface area contributed by atoms with Crippen LogP contribution in [0.5, 0.6) is 0 Å². The summed E-state index contributed by atoms with van der Waals surface area (Å²) in [5, 5.41) is 19.0. The lowest BCUT2D eigenvalue weighted by Gasteiger charge is -2.31. The molecule has 0 saturated carbocycles. The van der Waals surface area contributed by atoms with Crippen LogP contribution in [-0.2, 0) is 0 Å². The number of thioether (sulfide) groups is 1. The van der Waals surface area contributed by atoms with Crippen LogP contribution in [0.15, 0.2) is 4.34 Å². The molecule has 0 spiro atoms. The molecule has 1 aromatic rings. The largest absolute Gasteiger partial charge is 0.391 e. The maximum Gasteiger partial charge on any atom is 0.174 e. The van der Waals surface area contributed by atoms with Gasteiger partial charge in [0.2, 0.25) is 0 Å². The number of β-amino-alcohol motifs (C(OH)–C–C–N with tert-alkyl or cyclic N) is 1. The number of aliphatic hydroxyl groups excluding tert-OH is 1. The molecule has 0 bridgehead atoms. The highest BCUT2D eigenvalue weighted by Crippen LogP contribution is 2.23. The fraction of sp³-hybridized carbons (Fsp3) is 0.833. The Morgan fingerprint density at radius 2 is 2.17 bits per heavy atom. The van der Waals surface area contributed by atoms with Crippen molar-refractivity contribution in [2.24, 2.45) is 5.92 Å². The van der Waals surface area contributed by atoms with Gasteiger partial charge >= 0.3 is 0 Å². The van der Waals surface area contributed by atoms with Gasteiger partial charge in [-0.05, 0) is 38.8 Å². The van der Waals surface area contributed by atoms with E-state index in [0.717, 1.165) is 34.9 Å². The molecular formula is C12H21N3OS2. The van der Waals surface area contributed by atoms with Crippen molar-refractivity contribution in [2.45, 2.75) is 37.1 Å². The molecule has 0 amide bonds. The Bertz CT molecular complexity index is 364. The maximum absolute atomic E-state index is 10.0. The van der Waals surface area contributed by atoms with Crippen molar-refractivity contribution in [3.05, 3.63) is 5.01 Å². The highest BCUT2D eigenvalue weighted by molar-refractivity contribution is 8.01. The van der Waals surface area contributed by atoms with Crippen LogP contribution in [0.3, 0.4) is 0 Å². The normalized spacial score (nSPS) is 20.2. The molecule has 1 aliphatic heterocycles. The van der Waals surface area contributed by atoms with Crippen molar-refractivity contribution in [2.75, 3.05) is 25.4 Å². The minimum Gasteiger partial charge on any atom is -0.391 e. The molecule has 1 aromatic heterocycles. The summed E-state index contributed by atoms with van der Waals surface area (Å²) in [5.74, 6) is 1.55. The van der Waals surface area contributed by atoms with Crippen LogP contribution in [0.4, 0.5) is 0 Å². The van der Waals surface area contributed by atoms with Gasteiger partial charge in [0.1, 0.15) is 5.01 Å². The number of likely N-dealkylation sites (tertiary alicyclic amines) is 1. The molecule has 4 nitrogen and oxygen atoms in total. The van der Waals surface area contributed by atoms with Crippen molar-refractivity contribution in [3.63, 3.8) is 0 Å². The Morgan fingerprint density at radius 1 is 1.44 bits per heavy atom. The SMILES string of the molecule is Cc1nnc(SCC(O)CN2CCC(C)CC2)s1. The smallest absolute Gasteiger partial charge is 0.174 e. The molecule has 102 valence electrons. The van der Waals surface area contributed by atoms with E-state index in [1.54, 1.807) is 23.1 Å². The minimum absolute atomic E-state index is 0.271. The second kappa shape index (κ2) is 6.84.